The number of hydrogen-bond acceptors (Lipinski definition) is 4. The number of rotatable bonds is 11. The molecule has 160 valence electrons. The van der Waals surface area contributed by atoms with Crippen molar-refractivity contribution in [3.8, 4) is 17.2 Å². The molecule has 0 aliphatic carbocycles. The molecule has 0 heterocycles. The van der Waals surface area contributed by atoms with Crippen LogP contribution in [0.4, 0.5) is 0 Å². The van der Waals surface area contributed by atoms with Crippen LogP contribution < -0.4 is 25.3 Å². The zero-order chi connectivity index (χ0) is 20.2. The van der Waals surface area contributed by atoms with Crippen LogP contribution in [0, 0.1) is 0 Å². The zero-order valence-electron chi connectivity index (χ0n) is 17.4. The number of hydrogen-bond donors (Lipinski definition) is 2. The van der Waals surface area contributed by atoms with Crippen molar-refractivity contribution in [3.05, 3.63) is 53.6 Å². The number of guanidine groups is 1. The number of nitrogens with two attached hydrogens (primary N) is 1. The highest BCUT2D eigenvalue weighted by Gasteiger charge is 2.04. The van der Waals surface area contributed by atoms with Crippen LogP contribution in [0.25, 0.3) is 0 Å². The number of nitrogens with one attached hydrogen (secondary N) is 1. The quantitative estimate of drug-likeness (QED) is 0.204. The first kappa shape index (κ1) is 24.9. The molecular formula is C22H32IN3O3. The van der Waals surface area contributed by atoms with Crippen LogP contribution in [0.5, 0.6) is 17.2 Å². The van der Waals surface area contributed by atoms with E-state index in [1.807, 2.05) is 42.5 Å². The fraction of sp³-hybridized carbons (Fsp3) is 0.409. The molecule has 6 nitrogen and oxygen atoms in total. The molecule has 29 heavy (non-hydrogen) atoms. The molecule has 3 N–H and O–H groups in total. The highest BCUT2D eigenvalue weighted by Crippen LogP contribution is 2.27. The molecule has 0 spiro atoms. The van der Waals surface area contributed by atoms with Gasteiger partial charge in [-0.2, -0.15) is 0 Å². The molecule has 0 fully saturated rings. The third-order valence-corrected chi connectivity index (χ3v) is 4.26. The Morgan fingerprint density at radius 2 is 1.83 bits per heavy atom. The van der Waals surface area contributed by atoms with Crippen LogP contribution in [-0.2, 0) is 13.0 Å². The average Bonchev–Trinajstić information content (AvgIpc) is 2.72. The van der Waals surface area contributed by atoms with Crippen LogP contribution >= 0.6 is 24.0 Å². The van der Waals surface area contributed by atoms with Gasteiger partial charge in [0.2, 0.25) is 0 Å². The van der Waals surface area contributed by atoms with Crippen LogP contribution in [0.3, 0.4) is 0 Å². The molecule has 2 aromatic carbocycles. The van der Waals surface area contributed by atoms with E-state index < -0.39 is 0 Å². The Morgan fingerprint density at radius 3 is 2.55 bits per heavy atom. The number of nitrogens with zero attached hydrogens (tertiary/aromatic N) is 1. The second-order valence-corrected chi connectivity index (χ2v) is 6.42. The van der Waals surface area contributed by atoms with Crippen LogP contribution in [0.2, 0.25) is 0 Å². The second-order valence-electron chi connectivity index (χ2n) is 6.42. The van der Waals surface area contributed by atoms with Gasteiger partial charge in [0.05, 0.1) is 27.4 Å². The largest absolute Gasteiger partial charge is 0.494 e. The molecule has 2 rings (SSSR count). The number of benzene rings is 2. The molecule has 0 aliphatic rings. The van der Waals surface area contributed by atoms with E-state index in [-0.39, 0.29) is 24.0 Å². The zero-order valence-corrected chi connectivity index (χ0v) is 19.8. The molecule has 0 unspecified atom stereocenters. The Labute approximate surface area is 190 Å². The monoisotopic (exact) mass is 513 g/mol. The minimum absolute atomic E-state index is 0. The molecule has 0 radical (unpaired) electrons. The highest BCUT2D eigenvalue weighted by atomic mass is 127. The van der Waals surface area contributed by atoms with Gasteiger partial charge in [0.15, 0.2) is 17.5 Å². The normalized spacial score (nSPS) is 10.8. The fourth-order valence-electron chi connectivity index (χ4n) is 2.67. The molecule has 7 heteroatoms. The third-order valence-electron chi connectivity index (χ3n) is 4.26. The lowest BCUT2D eigenvalue weighted by molar-refractivity contribution is 0.309. The van der Waals surface area contributed by atoms with E-state index in [1.54, 1.807) is 14.2 Å². The average molecular weight is 513 g/mol. The first-order valence-electron chi connectivity index (χ1n) is 9.62. The van der Waals surface area contributed by atoms with Gasteiger partial charge in [0.25, 0.3) is 0 Å². The van der Waals surface area contributed by atoms with Crippen molar-refractivity contribution in [3.63, 3.8) is 0 Å². The smallest absolute Gasteiger partial charge is 0.188 e. The number of ether oxygens (including phenoxy) is 3. The Hall–Kier alpha value is -2.16. The van der Waals surface area contributed by atoms with Gasteiger partial charge in [-0.05, 0) is 48.2 Å². The summed E-state index contributed by atoms with van der Waals surface area (Å²) in [6.45, 7) is 4.09. The first-order chi connectivity index (χ1) is 13.7. The van der Waals surface area contributed by atoms with Gasteiger partial charge in [-0.3, -0.25) is 0 Å². The van der Waals surface area contributed by atoms with Crippen molar-refractivity contribution >= 4 is 29.9 Å². The second kappa shape index (κ2) is 13.9. The summed E-state index contributed by atoms with van der Waals surface area (Å²) in [6.07, 6.45) is 2.98. The number of unbranched alkanes of at least 4 members (excludes halogenated alkanes) is 1. The summed E-state index contributed by atoms with van der Waals surface area (Å²) < 4.78 is 16.3. The van der Waals surface area contributed by atoms with Gasteiger partial charge in [0, 0.05) is 6.54 Å². The minimum atomic E-state index is 0. The maximum atomic E-state index is 5.99. The van der Waals surface area contributed by atoms with E-state index in [2.05, 4.69) is 17.2 Å². The SMILES string of the molecule is CCCCOc1cccc(CN=C(N)NCCc2ccc(OC)c(OC)c2)c1.I. The van der Waals surface area contributed by atoms with Gasteiger partial charge in [0.1, 0.15) is 5.75 Å². The molecule has 0 saturated heterocycles. The number of aliphatic imine (C=N–C) groups is 1. The summed E-state index contributed by atoms with van der Waals surface area (Å²) in [7, 11) is 3.26. The summed E-state index contributed by atoms with van der Waals surface area (Å²) >= 11 is 0. The predicted molar refractivity (Wildman–Crippen MR) is 129 cm³/mol. The molecule has 0 bridgehead atoms. The summed E-state index contributed by atoms with van der Waals surface area (Å²) in [5.74, 6) is 2.75. The van der Waals surface area contributed by atoms with Crippen molar-refractivity contribution in [1.82, 2.24) is 5.32 Å². The highest BCUT2D eigenvalue weighted by molar-refractivity contribution is 14.0. The summed E-state index contributed by atoms with van der Waals surface area (Å²) in [5.41, 5.74) is 8.19. The summed E-state index contributed by atoms with van der Waals surface area (Å²) in [4.78, 5) is 4.41. The summed E-state index contributed by atoms with van der Waals surface area (Å²) in [6, 6.07) is 13.9. The fourth-order valence-corrected chi connectivity index (χ4v) is 2.67. The molecule has 0 atom stereocenters. The Morgan fingerprint density at radius 1 is 1.03 bits per heavy atom. The van der Waals surface area contributed by atoms with Gasteiger partial charge < -0.3 is 25.3 Å². The van der Waals surface area contributed by atoms with E-state index in [0.29, 0.717) is 19.0 Å². The lowest BCUT2D eigenvalue weighted by Crippen LogP contribution is -2.33. The maximum absolute atomic E-state index is 5.99. The number of halogens is 1. The van der Waals surface area contributed by atoms with Crippen LogP contribution in [0.1, 0.15) is 30.9 Å². The van der Waals surface area contributed by atoms with E-state index in [9.17, 15) is 0 Å². The molecule has 0 amide bonds. The molecule has 2 aromatic rings. The van der Waals surface area contributed by atoms with Crippen LogP contribution in [0.15, 0.2) is 47.5 Å². The van der Waals surface area contributed by atoms with E-state index in [0.717, 1.165) is 54.2 Å². The van der Waals surface area contributed by atoms with Crippen molar-refractivity contribution in [2.45, 2.75) is 32.7 Å². The van der Waals surface area contributed by atoms with Gasteiger partial charge in [-0.1, -0.05) is 31.5 Å². The first-order valence-corrected chi connectivity index (χ1v) is 9.62. The predicted octanol–water partition coefficient (Wildman–Crippen LogP) is 4.15. The van der Waals surface area contributed by atoms with Gasteiger partial charge in [-0.15, -0.1) is 24.0 Å². The van der Waals surface area contributed by atoms with Gasteiger partial charge >= 0.3 is 0 Å². The molecule has 0 saturated carbocycles. The molecule has 0 aromatic heterocycles. The van der Waals surface area contributed by atoms with Crippen molar-refractivity contribution in [1.29, 1.82) is 0 Å². The maximum Gasteiger partial charge on any atom is 0.188 e. The number of methoxy groups -OCH3 is 2. The molecular weight excluding hydrogens is 481 g/mol. The van der Waals surface area contributed by atoms with E-state index in [4.69, 9.17) is 19.9 Å². The van der Waals surface area contributed by atoms with E-state index >= 15 is 0 Å². The van der Waals surface area contributed by atoms with Crippen molar-refractivity contribution < 1.29 is 14.2 Å². The van der Waals surface area contributed by atoms with Gasteiger partial charge in [-0.25, -0.2) is 4.99 Å². The lowest BCUT2D eigenvalue weighted by Gasteiger charge is -2.10. The molecule has 0 aliphatic heterocycles. The minimum Gasteiger partial charge on any atom is -0.494 e. The van der Waals surface area contributed by atoms with Crippen LogP contribution in [-0.4, -0.2) is 33.3 Å². The summed E-state index contributed by atoms with van der Waals surface area (Å²) in [5, 5.41) is 3.15. The van der Waals surface area contributed by atoms with Crippen molar-refractivity contribution in [2.24, 2.45) is 10.7 Å². The third kappa shape index (κ3) is 8.81. The Bertz CT molecular complexity index is 769. The topological polar surface area (TPSA) is 78.1 Å². The van der Waals surface area contributed by atoms with Crippen molar-refractivity contribution in [2.75, 3.05) is 27.4 Å². The Balaban J connectivity index is 0.00000420. The Kier molecular flexibility index (Phi) is 11.9. The van der Waals surface area contributed by atoms with E-state index in [1.165, 1.54) is 0 Å². The standard InChI is InChI=1S/C22H31N3O3.HI/c1-4-5-13-28-19-8-6-7-18(14-19)16-25-22(23)24-12-11-17-9-10-20(26-2)21(15-17)27-3;/h6-10,14-15H,4-5,11-13,16H2,1-3H3,(H3,23,24,25);1H. The lowest BCUT2D eigenvalue weighted by atomic mass is 10.1.